The van der Waals surface area contributed by atoms with Crippen molar-refractivity contribution in [3.8, 4) is 44.5 Å². The van der Waals surface area contributed by atoms with E-state index >= 15 is 0 Å². The highest BCUT2D eigenvalue weighted by Gasteiger charge is 2.86. The van der Waals surface area contributed by atoms with Crippen LogP contribution in [0.15, 0.2) is 316 Å². The molecule has 0 saturated heterocycles. The van der Waals surface area contributed by atoms with Crippen molar-refractivity contribution >= 4 is 112 Å². The van der Waals surface area contributed by atoms with E-state index in [1.807, 2.05) is 24.3 Å². The average molecular weight is 1660 g/mol. The van der Waals surface area contributed by atoms with E-state index in [-0.39, 0.29) is 11.3 Å². The first-order valence-corrected chi connectivity index (χ1v) is 39.3. The molecule has 14 rings (SSSR count). The van der Waals surface area contributed by atoms with E-state index in [0.717, 1.165) is 0 Å². The lowest BCUT2D eigenvalue weighted by Crippen LogP contribution is -2.63. The van der Waals surface area contributed by atoms with Crippen LogP contribution in [-0.2, 0) is 20.2 Å². The minimum Gasteiger partial charge on any atom is -0.304 e. The Kier molecular flexibility index (Phi) is 24.2. The van der Waals surface area contributed by atoms with Gasteiger partial charge in [0.15, 0.2) is 0 Å². The van der Waals surface area contributed by atoms with Gasteiger partial charge in [0, 0.05) is 22.7 Å². The fourth-order valence-electron chi connectivity index (χ4n) is 12.6. The van der Waals surface area contributed by atoms with Crippen LogP contribution in [0.4, 0.5) is 79.0 Å². The van der Waals surface area contributed by atoms with Crippen molar-refractivity contribution in [1.29, 1.82) is 10.8 Å². The molecule has 12 aromatic rings. The zero-order valence-corrected chi connectivity index (χ0v) is 61.6. The topological polar surface area (TPSA) is 156 Å². The van der Waals surface area contributed by atoms with Crippen LogP contribution in [0.1, 0.15) is 0 Å². The minimum atomic E-state index is -7.37. The van der Waals surface area contributed by atoms with E-state index in [2.05, 4.69) is 291 Å². The van der Waals surface area contributed by atoms with E-state index in [1.165, 1.54) is 109 Å². The van der Waals surface area contributed by atoms with Crippen molar-refractivity contribution in [2.75, 3.05) is 0 Å². The maximum atomic E-state index is 12.2. The fourth-order valence-corrected chi connectivity index (χ4v) is 18.6. The second-order valence-corrected chi connectivity index (χ2v) is 33.2. The highest BCUT2D eigenvalue weighted by molar-refractivity contribution is 7.87. The Morgan fingerprint density at radius 3 is 0.684 bits per heavy atom. The molecular weight excluding hydrogens is 1600 g/mol. The van der Waals surface area contributed by atoms with Crippen molar-refractivity contribution in [1.82, 2.24) is 0 Å². The molecule has 12 aromatic carbocycles. The summed E-state index contributed by atoms with van der Waals surface area (Å²) in [4.78, 5) is 0. The van der Waals surface area contributed by atoms with Gasteiger partial charge in [0.1, 0.15) is 0 Å². The maximum absolute atomic E-state index is 12.2. The number of allylic oxidation sites excluding steroid dienone is 8. The Morgan fingerprint density at radius 2 is 0.482 bits per heavy atom. The molecule has 0 radical (unpaired) electrons. The van der Waals surface area contributed by atoms with Crippen LogP contribution in [0.3, 0.4) is 0 Å². The van der Waals surface area contributed by atoms with Gasteiger partial charge in [-0.15, -0.1) is 0 Å². The van der Waals surface area contributed by atoms with Crippen LogP contribution >= 0.6 is 15.8 Å². The van der Waals surface area contributed by atoms with Gasteiger partial charge in [-0.1, -0.05) is 303 Å². The number of rotatable bonds is 16. The SMILES string of the molecule is N=C1C=CC=CC1P(c1ccc(-c2cccc3ccccc23)cc1)c1ccc(-c2cccc3ccccc23)cc1.N=C1C=CC=CC1P(c1ccc(-c2cccc3ccccc23)cc1)c1ccc(-c2cccc3ccccc23)cc1.O=S(=O)(O)C(F)(F)C(F)(F)C(F)(F)C(F)(F)F.O=S(=O)(O)C(F)(F)C(F)(F)C(F)(F)C(F)(F)F. The first kappa shape index (κ1) is 84.3. The van der Waals surface area contributed by atoms with Crippen LogP contribution in [-0.4, -0.2) is 95.2 Å². The number of alkyl halides is 18. The van der Waals surface area contributed by atoms with Crippen LogP contribution in [0.2, 0.25) is 0 Å². The molecular formula is C84H58F18N2O6P2S2. The molecule has 4 N–H and O–H groups in total. The first-order chi connectivity index (χ1) is 53.5. The summed E-state index contributed by atoms with van der Waals surface area (Å²) in [5.74, 6) is -29.4. The molecule has 0 aromatic heterocycles. The van der Waals surface area contributed by atoms with Crippen molar-refractivity contribution in [2.24, 2.45) is 0 Å². The number of nitrogens with one attached hydrogen (secondary N) is 2. The van der Waals surface area contributed by atoms with Gasteiger partial charge in [0.05, 0.1) is 0 Å². The molecule has 0 aliphatic heterocycles. The molecule has 0 fully saturated rings. The van der Waals surface area contributed by atoms with Crippen LogP contribution < -0.4 is 21.2 Å². The van der Waals surface area contributed by atoms with Gasteiger partial charge in [-0.3, -0.25) is 9.11 Å². The van der Waals surface area contributed by atoms with Gasteiger partial charge in [0.2, 0.25) is 0 Å². The summed E-state index contributed by atoms with van der Waals surface area (Å²) in [6.07, 6.45) is 2.13. The molecule has 0 saturated carbocycles. The molecule has 2 aliphatic carbocycles. The summed E-state index contributed by atoms with van der Waals surface area (Å²) in [6, 6.07) is 96.6. The van der Waals surface area contributed by atoms with E-state index in [4.69, 9.17) is 19.9 Å². The molecule has 2 atom stereocenters. The van der Waals surface area contributed by atoms with Crippen LogP contribution in [0, 0.1) is 10.8 Å². The number of hydrogen-bond acceptors (Lipinski definition) is 6. The molecule has 30 heteroatoms. The third-order valence-electron chi connectivity index (χ3n) is 18.4. The van der Waals surface area contributed by atoms with Crippen molar-refractivity contribution in [3.05, 3.63) is 316 Å². The number of halogens is 18. The van der Waals surface area contributed by atoms with E-state index in [9.17, 15) is 95.9 Å². The molecule has 8 nitrogen and oxygen atoms in total. The largest absolute Gasteiger partial charge is 0.460 e. The molecule has 0 bridgehead atoms. The number of fused-ring (bicyclic) bond motifs is 4. The monoisotopic (exact) mass is 1660 g/mol. The molecule has 2 aliphatic rings. The average Bonchev–Trinajstić information content (AvgIpc) is 0.736. The predicted octanol–water partition coefficient (Wildman–Crippen LogP) is 23.1. The van der Waals surface area contributed by atoms with Gasteiger partial charge in [-0.05, 0) is 137 Å². The maximum Gasteiger partial charge on any atom is 0.460 e. The van der Waals surface area contributed by atoms with E-state index < -0.39 is 82.6 Å². The normalized spacial score (nSPS) is 15.2. The Bertz CT molecular complexity index is 5320. The highest BCUT2D eigenvalue weighted by Crippen LogP contribution is 2.56. The van der Waals surface area contributed by atoms with Crippen molar-refractivity contribution in [3.63, 3.8) is 0 Å². The quantitative estimate of drug-likeness (QED) is 0.0429. The number of hydrogen-bond donors (Lipinski definition) is 4. The third-order valence-corrected chi connectivity index (χ3v) is 25.7. The summed E-state index contributed by atoms with van der Waals surface area (Å²) >= 11 is 0. The minimum absolute atomic E-state index is 0.0480. The fraction of sp³-hybridized carbons (Fsp3) is 0.119. The Hall–Kier alpha value is -10.6. The highest BCUT2D eigenvalue weighted by atomic mass is 32.2. The standard InChI is InChI=1S/2C38H28NP.2C4HF9O3S/c2*39-37-17-5-6-18-38(37)40(31-23-19-29(20-24-31)35-15-7-11-27-9-1-3-13-33(27)35)32-25-21-30(22-26-32)36-16-8-12-28-10-2-4-14-34(28)36;2*5-1(6,3(9,10)11)2(7,8)4(12,13)17(14,15)16/h2*1-26,38-39H;2*(H,14,15,16). The summed E-state index contributed by atoms with van der Waals surface area (Å²) in [5.41, 5.74) is 11.3. The lowest BCUT2D eigenvalue weighted by atomic mass is 9.98. The van der Waals surface area contributed by atoms with Gasteiger partial charge in [-0.25, -0.2) is 0 Å². The van der Waals surface area contributed by atoms with Crippen molar-refractivity contribution in [2.45, 2.75) is 57.9 Å². The van der Waals surface area contributed by atoms with Gasteiger partial charge < -0.3 is 10.8 Å². The molecule has 0 amide bonds. The first-order valence-electron chi connectivity index (χ1n) is 33.6. The van der Waals surface area contributed by atoms with Gasteiger partial charge in [-0.2, -0.15) is 95.9 Å². The van der Waals surface area contributed by atoms with Crippen molar-refractivity contribution < 1.29 is 105 Å². The smallest absolute Gasteiger partial charge is 0.304 e. The van der Waals surface area contributed by atoms with Crippen LogP contribution in [0.25, 0.3) is 87.6 Å². The Morgan fingerprint density at radius 1 is 0.272 bits per heavy atom. The van der Waals surface area contributed by atoms with E-state index in [1.54, 1.807) is 0 Å². The zero-order chi connectivity index (χ0) is 82.8. The second kappa shape index (κ2) is 32.7. The predicted molar refractivity (Wildman–Crippen MR) is 414 cm³/mol. The molecule has 0 spiro atoms. The Balaban J connectivity index is 0.000000163. The summed E-state index contributed by atoms with van der Waals surface area (Å²) in [6.45, 7) is 0. The molecule has 2 unspecified atom stereocenters. The number of benzene rings is 12. The molecule has 0 heterocycles. The molecule has 114 heavy (non-hydrogen) atoms. The lowest BCUT2D eigenvalue weighted by molar-refractivity contribution is -0.382. The lowest BCUT2D eigenvalue weighted by Gasteiger charge is -2.31. The summed E-state index contributed by atoms with van der Waals surface area (Å²) < 4.78 is 268. The zero-order valence-electron chi connectivity index (χ0n) is 58.2. The molecule has 588 valence electrons. The summed E-state index contributed by atoms with van der Waals surface area (Å²) in [7, 11) is -15.9. The van der Waals surface area contributed by atoms with Gasteiger partial charge >= 0.3 is 66.8 Å². The van der Waals surface area contributed by atoms with Crippen LogP contribution in [0.5, 0.6) is 0 Å². The van der Waals surface area contributed by atoms with E-state index in [0.29, 0.717) is 11.4 Å². The summed E-state index contributed by atoms with van der Waals surface area (Å²) in [5, 5.41) is 18.8. The van der Waals surface area contributed by atoms with Gasteiger partial charge in [0.25, 0.3) is 0 Å². The Labute approximate surface area is 642 Å². The second-order valence-electron chi connectivity index (χ2n) is 25.6. The third kappa shape index (κ3) is 16.7.